The molecule has 0 spiro atoms. The van der Waals surface area contributed by atoms with Crippen LogP contribution in [0.4, 0.5) is 0 Å². The lowest BCUT2D eigenvalue weighted by molar-refractivity contribution is 0.523. The Morgan fingerprint density at radius 3 is 0.846 bits per heavy atom. The molecule has 0 radical (unpaired) electrons. The lowest BCUT2D eigenvalue weighted by atomic mass is 10.0. The Hall–Kier alpha value is 1.05. The van der Waals surface area contributed by atoms with Crippen LogP contribution in [-0.2, 0) is 0 Å². The van der Waals surface area contributed by atoms with Gasteiger partial charge in [-0.3, -0.25) is 0 Å². The molecule has 158 valence electrons. The highest BCUT2D eigenvalue weighted by molar-refractivity contribution is 7.64. The highest BCUT2D eigenvalue weighted by Gasteiger charge is 2.23. The van der Waals surface area contributed by atoms with Gasteiger partial charge in [-0.2, -0.15) is 0 Å². The minimum Gasteiger partial charge on any atom is -0.330 e. The third-order valence-electron chi connectivity index (χ3n) is 5.16. The number of rotatable bonds is 21. The van der Waals surface area contributed by atoms with E-state index in [-0.39, 0.29) is 0 Å². The Morgan fingerprint density at radius 1 is 0.385 bits per heavy atom. The topological polar surface area (TPSA) is 26.0 Å². The molecule has 1 nitrogen and oxygen atoms in total. The Bertz CT molecular complexity index is 272. The zero-order valence-corrected chi connectivity index (χ0v) is 20.3. The van der Waals surface area contributed by atoms with Crippen LogP contribution in [0.1, 0.15) is 122 Å². The van der Waals surface area contributed by atoms with Gasteiger partial charge in [0.25, 0.3) is 0 Å². The molecule has 2 N–H and O–H groups in total. The van der Waals surface area contributed by atoms with Gasteiger partial charge in [0.15, 0.2) is 0 Å². The van der Waals surface area contributed by atoms with E-state index in [0.717, 1.165) is 19.0 Å². The molecule has 0 aliphatic rings. The summed E-state index contributed by atoms with van der Waals surface area (Å²) in [6.45, 7) is 0.862. The molecule has 0 atom stereocenters. The summed E-state index contributed by atoms with van der Waals surface area (Å²) in [6, 6.07) is -1.53. The predicted molar refractivity (Wildman–Crippen MR) is 125 cm³/mol. The fourth-order valence-corrected chi connectivity index (χ4v) is 5.33. The molecule has 0 aliphatic heterocycles. The maximum Gasteiger partial charge on any atom is 0.341 e. The van der Waals surface area contributed by atoms with E-state index in [2.05, 4.69) is 0 Å². The molecule has 0 unspecified atom stereocenters. The van der Waals surface area contributed by atoms with Crippen LogP contribution in [0.5, 0.6) is 0 Å². The summed E-state index contributed by atoms with van der Waals surface area (Å²) in [5, 5.41) is 0. The van der Waals surface area contributed by atoms with Crippen molar-refractivity contribution in [3.8, 4) is 0 Å². The van der Waals surface area contributed by atoms with E-state index >= 15 is 0 Å². The standard InChI is InChI=1S/C21H44Cl3NSi/c22-26(23,24)21-19-17-15-13-11-9-7-5-3-1-2-4-6-8-10-12-14-16-18-20-25/h1-21,25H2. The van der Waals surface area contributed by atoms with Crippen molar-refractivity contribution in [2.45, 2.75) is 128 Å². The van der Waals surface area contributed by atoms with E-state index in [9.17, 15) is 0 Å². The first kappa shape index (κ1) is 27.0. The van der Waals surface area contributed by atoms with E-state index < -0.39 is 6.00 Å². The molecule has 0 saturated heterocycles. The average Bonchev–Trinajstić information content (AvgIpc) is 2.59. The zero-order valence-electron chi connectivity index (χ0n) is 17.1. The van der Waals surface area contributed by atoms with Crippen molar-refractivity contribution in [1.29, 1.82) is 0 Å². The third-order valence-corrected chi connectivity index (χ3v) is 7.79. The molecule has 0 aliphatic carbocycles. The fraction of sp³-hybridized carbons (Fsp3) is 1.00. The summed E-state index contributed by atoms with van der Waals surface area (Å²) in [5.74, 6) is 0. The van der Waals surface area contributed by atoms with Crippen LogP contribution in [0, 0.1) is 0 Å². The molecule has 0 aromatic carbocycles. The van der Waals surface area contributed by atoms with Gasteiger partial charge in [-0.1, -0.05) is 116 Å². The van der Waals surface area contributed by atoms with Crippen molar-refractivity contribution in [2.24, 2.45) is 5.73 Å². The van der Waals surface area contributed by atoms with Crippen LogP contribution in [-0.4, -0.2) is 12.5 Å². The minimum atomic E-state index is -2.36. The Labute approximate surface area is 179 Å². The van der Waals surface area contributed by atoms with Crippen LogP contribution in [0.2, 0.25) is 6.04 Å². The quantitative estimate of drug-likeness (QED) is 0.107. The maximum atomic E-state index is 5.89. The maximum absolute atomic E-state index is 5.89. The highest BCUT2D eigenvalue weighted by Crippen LogP contribution is 2.27. The first-order valence-electron chi connectivity index (χ1n) is 11.3. The molecule has 0 bridgehead atoms. The molecule has 0 aromatic heterocycles. The van der Waals surface area contributed by atoms with Gasteiger partial charge in [0.05, 0.1) is 0 Å². The number of unbranched alkanes of at least 4 members (excludes halogenated alkanes) is 18. The lowest BCUT2D eigenvalue weighted by Crippen LogP contribution is -2.07. The lowest BCUT2D eigenvalue weighted by Gasteiger charge is -2.07. The molecular formula is C21H44Cl3NSi. The number of nitrogens with two attached hydrogens (primary N) is 1. The summed E-state index contributed by atoms with van der Waals surface area (Å²) in [4.78, 5) is 0. The largest absolute Gasteiger partial charge is 0.341 e. The van der Waals surface area contributed by atoms with Gasteiger partial charge >= 0.3 is 6.00 Å². The summed E-state index contributed by atoms with van der Waals surface area (Å²) >= 11 is 17.7. The summed E-state index contributed by atoms with van der Waals surface area (Å²) in [6.07, 6.45) is 26.0. The van der Waals surface area contributed by atoms with Crippen LogP contribution < -0.4 is 5.73 Å². The Morgan fingerprint density at radius 2 is 0.615 bits per heavy atom. The van der Waals surface area contributed by atoms with Gasteiger partial charge in [-0.25, -0.2) is 0 Å². The normalized spacial score (nSPS) is 12.0. The molecule has 0 amide bonds. The molecular weight excluding hydrogens is 401 g/mol. The molecule has 0 rings (SSSR count). The van der Waals surface area contributed by atoms with Crippen molar-refractivity contribution in [3.05, 3.63) is 0 Å². The zero-order chi connectivity index (χ0) is 19.3. The SMILES string of the molecule is NCCCCCCCCCCCCCCCCCCCCC[Si](Cl)(Cl)Cl. The number of halogens is 3. The number of hydrogen-bond acceptors (Lipinski definition) is 1. The summed E-state index contributed by atoms with van der Waals surface area (Å²) in [5.41, 5.74) is 5.51. The minimum absolute atomic E-state index is 0.826. The average molecular weight is 445 g/mol. The summed E-state index contributed by atoms with van der Waals surface area (Å²) in [7, 11) is 0. The van der Waals surface area contributed by atoms with Crippen LogP contribution >= 0.6 is 33.2 Å². The fourth-order valence-electron chi connectivity index (χ4n) is 3.47. The van der Waals surface area contributed by atoms with Crippen molar-refractivity contribution >= 4 is 39.2 Å². The van der Waals surface area contributed by atoms with E-state index in [1.54, 1.807) is 0 Å². The van der Waals surface area contributed by atoms with Gasteiger partial charge in [-0.05, 0) is 19.0 Å². The molecule has 0 heterocycles. The smallest absolute Gasteiger partial charge is 0.330 e. The van der Waals surface area contributed by atoms with E-state index in [1.165, 1.54) is 116 Å². The second-order valence-electron chi connectivity index (χ2n) is 7.87. The summed E-state index contributed by atoms with van der Waals surface area (Å²) < 4.78 is 0. The Balaban J connectivity index is 3.01. The van der Waals surface area contributed by atoms with Gasteiger partial charge in [0.1, 0.15) is 0 Å². The van der Waals surface area contributed by atoms with Gasteiger partial charge in [-0.15, -0.1) is 33.2 Å². The molecule has 0 aromatic rings. The molecule has 5 heteroatoms. The van der Waals surface area contributed by atoms with Gasteiger partial charge in [0.2, 0.25) is 0 Å². The van der Waals surface area contributed by atoms with Crippen LogP contribution in [0.15, 0.2) is 0 Å². The van der Waals surface area contributed by atoms with E-state index in [4.69, 9.17) is 39.0 Å². The van der Waals surface area contributed by atoms with Crippen molar-refractivity contribution < 1.29 is 0 Å². The van der Waals surface area contributed by atoms with Crippen molar-refractivity contribution in [1.82, 2.24) is 0 Å². The van der Waals surface area contributed by atoms with Crippen LogP contribution in [0.3, 0.4) is 0 Å². The highest BCUT2D eigenvalue weighted by atomic mass is 35.8. The second-order valence-corrected chi connectivity index (χ2v) is 17.1. The van der Waals surface area contributed by atoms with Crippen molar-refractivity contribution in [3.63, 3.8) is 0 Å². The molecule has 0 saturated carbocycles. The first-order chi connectivity index (χ1) is 12.6. The molecule has 26 heavy (non-hydrogen) atoms. The molecule has 0 fully saturated rings. The van der Waals surface area contributed by atoms with Crippen molar-refractivity contribution in [2.75, 3.05) is 6.54 Å². The van der Waals surface area contributed by atoms with E-state index in [1.807, 2.05) is 0 Å². The monoisotopic (exact) mass is 443 g/mol. The third kappa shape index (κ3) is 25.0. The first-order valence-corrected chi connectivity index (χ1v) is 16.6. The van der Waals surface area contributed by atoms with E-state index in [0.29, 0.717) is 0 Å². The predicted octanol–water partition coefficient (Wildman–Crippen LogP) is 9.01. The Kier molecular flexibility index (Phi) is 21.6. The number of hydrogen-bond donors (Lipinski definition) is 1. The van der Waals surface area contributed by atoms with Gasteiger partial charge < -0.3 is 5.73 Å². The van der Waals surface area contributed by atoms with Gasteiger partial charge in [0, 0.05) is 0 Å². The second kappa shape index (κ2) is 20.8. The van der Waals surface area contributed by atoms with Crippen LogP contribution in [0.25, 0.3) is 0 Å².